The SMILES string of the molecule is O=C1CCC2CCC(O)=CC2=C1S(=O)(=O)C(F)(F)F. The molecule has 19 heavy (non-hydrogen) atoms. The first kappa shape index (κ1) is 14.1. The van der Waals surface area contributed by atoms with Crippen LogP contribution in [0.1, 0.15) is 25.7 Å². The van der Waals surface area contributed by atoms with Gasteiger partial charge in [-0.15, -0.1) is 0 Å². The van der Waals surface area contributed by atoms with Crippen LogP contribution in [-0.2, 0) is 14.6 Å². The summed E-state index contributed by atoms with van der Waals surface area (Å²) in [7, 11) is -5.67. The van der Waals surface area contributed by atoms with Gasteiger partial charge in [-0.1, -0.05) is 0 Å². The number of Topliss-reactive ketones (excluding diaryl/α,β-unsaturated/α-hetero) is 1. The van der Waals surface area contributed by atoms with Crippen molar-refractivity contribution in [1.82, 2.24) is 0 Å². The van der Waals surface area contributed by atoms with Crippen molar-refractivity contribution in [3.8, 4) is 0 Å². The van der Waals surface area contributed by atoms with Crippen molar-refractivity contribution in [3.05, 3.63) is 22.3 Å². The van der Waals surface area contributed by atoms with Crippen molar-refractivity contribution >= 4 is 15.6 Å². The molecule has 2 aliphatic rings. The number of fused-ring (bicyclic) bond motifs is 1. The van der Waals surface area contributed by atoms with Crippen LogP contribution in [0.2, 0.25) is 0 Å². The van der Waals surface area contributed by atoms with Crippen LogP contribution in [0, 0.1) is 5.92 Å². The van der Waals surface area contributed by atoms with Gasteiger partial charge in [-0.3, -0.25) is 4.79 Å². The Morgan fingerprint density at radius 2 is 1.79 bits per heavy atom. The number of carbonyl (C=O) groups excluding carboxylic acids is 1. The molecule has 0 amide bonds. The van der Waals surface area contributed by atoms with E-state index in [1.165, 1.54) is 0 Å². The van der Waals surface area contributed by atoms with Crippen LogP contribution in [0.25, 0.3) is 0 Å². The first-order chi connectivity index (χ1) is 8.64. The highest BCUT2D eigenvalue weighted by Gasteiger charge is 2.52. The van der Waals surface area contributed by atoms with E-state index in [9.17, 15) is 31.5 Å². The van der Waals surface area contributed by atoms with Gasteiger partial charge >= 0.3 is 5.51 Å². The summed E-state index contributed by atoms with van der Waals surface area (Å²) in [5.74, 6) is -1.65. The van der Waals surface area contributed by atoms with Gasteiger partial charge in [-0.2, -0.15) is 13.2 Å². The molecule has 2 rings (SSSR count). The number of carbonyl (C=O) groups is 1. The van der Waals surface area contributed by atoms with Crippen molar-refractivity contribution in [3.63, 3.8) is 0 Å². The molecule has 2 aliphatic carbocycles. The molecule has 0 fully saturated rings. The van der Waals surface area contributed by atoms with E-state index < -0.39 is 32.0 Å². The Kier molecular flexibility index (Phi) is 3.24. The van der Waals surface area contributed by atoms with Gasteiger partial charge in [0.25, 0.3) is 9.84 Å². The van der Waals surface area contributed by atoms with Gasteiger partial charge in [0.05, 0.1) is 5.76 Å². The number of hydrogen-bond acceptors (Lipinski definition) is 4. The maximum atomic E-state index is 12.6. The number of ketones is 1. The number of rotatable bonds is 1. The van der Waals surface area contributed by atoms with Gasteiger partial charge < -0.3 is 5.11 Å². The lowest BCUT2D eigenvalue weighted by Crippen LogP contribution is -2.33. The van der Waals surface area contributed by atoms with E-state index in [1.807, 2.05) is 0 Å². The molecule has 0 aromatic carbocycles. The maximum Gasteiger partial charge on any atom is 0.502 e. The Morgan fingerprint density at radius 3 is 2.37 bits per heavy atom. The fourth-order valence-electron chi connectivity index (χ4n) is 2.40. The van der Waals surface area contributed by atoms with Crippen molar-refractivity contribution in [2.24, 2.45) is 5.92 Å². The van der Waals surface area contributed by atoms with Gasteiger partial charge in [0.2, 0.25) is 0 Å². The summed E-state index contributed by atoms with van der Waals surface area (Å²) in [6.07, 6.45) is 1.72. The molecule has 8 heteroatoms. The third kappa shape index (κ3) is 2.29. The van der Waals surface area contributed by atoms with Crippen LogP contribution >= 0.6 is 0 Å². The first-order valence-electron chi connectivity index (χ1n) is 5.63. The molecule has 1 N–H and O–H groups in total. The lowest BCUT2D eigenvalue weighted by Gasteiger charge is -2.29. The zero-order valence-corrected chi connectivity index (χ0v) is 10.5. The van der Waals surface area contributed by atoms with Crippen LogP contribution in [0.4, 0.5) is 13.2 Å². The standard InChI is InChI=1S/C11H11F3O4S/c12-11(13,14)19(17,18)10-8-5-7(15)3-1-6(8)2-4-9(10)16/h5-6,15H,1-4H2. The van der Waals surface area contributed by atoms with Crippen LogP contribution in [0.5, 0.6) is 0 Å². The summed E-state index contributed by atoms with van der Waals surface area (Å²) < 4.78 is 60.7. The maximum absolute atomic E-state index is 12.6. The number of halogens is 3. The van der Waals surface area contributed by atoms with Crippen LogP contribution < -0.4 is 0 Å². The van der Waals surface area contributed by atoms with Crippen LogP contribution in [0.3, 0.4) is 0 Å². The minimum atomic E-state index is -5.67. The average Bonchev–Trinajstić information content (AvgIpc) is 2.26. The van der Waals surface area contributed by atoms with Crippen molar-refractivity contribution in [1.29, 1.82) is 0 Å². The van der Waals surface area contributed by atoms with E-state index in [-0.39, 0.29) is 24.2 Å². The molecule has 0 spiro atoms. The molecule has 0 aromatic rings. The fraction of sp³-hybridized carbons (Fsp3) is 0.545. The molecule has 0 saturated heterocycles. The molecular weight excluding hydrogens is 285 g/mol. The second-order valence-corrected chi connectivity index (χ2v) is 6.44. The molecular formula is C11H11F3O4S. The second-order valence-electron chi connectivity index (χ2n) is 4.57. The Morgan fingerprint density at radius 1 is 1.21 bits per heavy atom. The zero-order chi connectivity index (χ0) is 14.4. The number of aliphatic hydroxyl groups excluding tert-OH is 1. The van der Waals surface area contributed by atoms with E-state index in [1.54, 1.807) is 0 Å². The number of hydrogen-bond donors (Lipinski definition) is 1. The molecule has 0 radical (unpaired) electrons. The summed E-state index contributed by atoms with van der Waals surface area (Å²) in [6.45, 7) is 0. The van der Waals surface area contributed by atoms with Crippen molar-refractivity contribution in [2.75, 3.05) is 0 Å². The normalized spacial score (nSPS) is 25.1. The van der Waals surface area contributed by atoms with Crippen molar-refractivity contribution < 1.29 is 31.5 Å². The lowest BCUT2D eigenvalue weighted by atomic mass is 9.80. The number of alkyl halides is 3. The van der Waals surface area contributed by atoms with Gasteiger partial charge in [0.15, 0.2) is 5.78 Å². The largest absolute Gasteiger partial charge is 0.512 e. The molecule has 0 heterocycles. The van der Waals surface area contributed by atoms with E-state index in [4.69, 9.17) is 0 Å². The van der Waals surface area contributed by atoms with Gasteiger partial charge in [0, 0.05) is 12.8 Å². The highest BCUT2D eigenvalue weighted by molar-refractivity contribution is 7.97. The van der Waals surface area contributed by atoms with Crippen LogP contribution in [-0.4, -0.2) is 24.8 Å². The minimum absolute atomic E-state index is 0.197. The number of aliphatic hydroxyl groups is 1. The molecule has 106 valence electrons. The predicted octanol–water partition coefficient (Wildman–Crippen LogP) is 2.39. The molecule has 0 saturated carbocycles. The van der Waals surface area contributed by atoms with E-state index in [0.717, 1.165) is 6.08 Å². The molecule has 1 unspecified atom stereocenters. The predicted molar refractivity (Wildman–Crippen MR) is 59.7 cm³/mol. The Hall–Kier alpha value is -1.31. The highest BCUT2D eigenvalue weighted by atomic mass is 32.2. The molecule has 0 aliphatic heterocycles. The summed E-state index contributed by atoms with van der Waals surface area (Å²) in [4.78, 5) is 10.4. The topological polar surface area (TPSA) is 71.4 Å². The summed E-state index contributed by atoms with van der Waals surface area (Å²) >= 11 is 0. The third-order valence-corrected chi connectivity index (χ3v) is 4.93. The average molecular weight is 296 g/mol. The third-order valence-electron chi connectivity index (χ3n) is 3.32. The second kappa shape index (κ2) is 4.36. The molecule has 1 atom stereocenters. The van der Waals surface area contributed by atoms with E-state index in [2.05, 4.69) is 0 Å². The summed E-state index contributed by atoms with van der Waals surface area (Å²) in [5.41, 5.74) is -5.70. The fourth-order valence-corrected chi connectivity index (χ4v) is 3.57. The molecule has 4 nitrogen and oxygen atoms in total. The first-order valence-corrected chi connectivity index (χ1v) is 7.11. The highest BCUT2D eigenvalue weighted by Crippen LogP contribution is 2.42. The number of allylic oxidation sites excluding steroid dienone is 4. The Bertz CT molecular complexity index is 584. The minimum Gasteiger partial charge on any atom is -0.512 e. The Balaban J connectivity index is 2.69. The Labute approximate surface area is 107 Å². The summed E-state index contributed by atoms with van der Waals surface area (Å²) in [6, 6.07) is 0. The molecule has 0 aromatic heterocycles. The van der Waals surface area contributed by atoms with Gasteiger partial charge in [-0.25, -0.2) is 8.42 Å². The summed E-state index contributed by atoms with van der Waals surface area (Å²) in [5, 5.41) is 9.36. The van der Waals surface area contributed by atoms with Gasteiger partial charge in [-0.05, 0) is 30.4 Å². The number of sulfone groups is 1. The van der Waals surface area contributed by atoms with E-state index >= 15 is 0 Å². The zero-order valence-electron chi connectivity index (χ0n) is 9.70. The quantitative estimate of drug-likeness (QED) is 0.806. The molecule has 0 bridgehead atoms. The van der Waals surface area contributed by atoms with Crippen LogP contribution in [0.15, 0.2) is 22.3 Å². The van der Waals surface area contributed by atoms with E-state index in [0.29, 0.717) is 12.8 Å². The van der Waals surface area contributed by atoms with Gasteiger partial charge in [0.1, 0.15) is 4.91 Å². The smallest absolute Gasteiger partial charge is 0.502 e. The monoisotopic (exact) mass is 296 g/mol. The van der Waals surface area contributed by atoms with Crippen molar-refractivity contribution in [2.45, 2.75) is 31.2 Å². The lowest BCUT2D eigenvalue weighted by molar-refractivity contribution is -0.116.